The number of benzene rings is 1. The van der Waals surface area contributed by atoms with E-state index in [-0.39, 0.29) is 11.9 Å². The highest BCUT2D eigenvalue weighted by Crippen LogP contribution is 2.24. The van der Waals surface area contributed by atoms with Crippen LogP contribution in [0.3, 0.4) is 0 Å². The molecule has 1 saturated carbocycles. The summed E-state index contributed by atoms with van der Waals surface area (Å²) in [5.41, 5.74) is 0.902. The van der Waals surface area contributed by atoms with Gasteiger partial charge in [-0.25, -0.2) is 0 Å². The van der Waals surface area contributed by atoms with Crippen molar-refractivity contribution in [2.45, 2.75) is 38.0 Å². The molecule has 0 aromatic heterocycles. The number of nitrogens with one attached hydrogen (secondary N) is 1. The van der Waals surface area contributed by atoms with Crippen LogP contribution in [0.4, 0.5) is 0 Å². The van der Waals surface area contributed by atoms with Crippen molar-refractivity contribution in [3.05, 3.63) is 29.8 Å². The second-order valence-electron chi connectivity index (χ2n) is 7.11. The Hall–Kier alpha value is -1.63. The Balaban J connectivity index is 1.46. The Bertz CT molecular complexity index is 566. The standard InChI is InChI=1S/C19H29N3O3/c1-14(19(24)15-3-7-17(25-2)8-4-15)22-11-9-21(10-12-22)13-18(23)20-16-5-6-16/h3-4,7-8,14,16,19,24H,5-6,9-13H2,1-2H3,(H,20,23). The summed E-state index contributed by atoms with van der Waals surface area (Å²) in [6.07, 6.45) is 1.72. The maximum absolute atomic E-state index is 11.9. The Kier molecular flexibility index (Phi) is 5.93. The Labute approximate surface area is 149 Å². The lowest BCUT2D eigenvalue weighted by Gasteiger charge is -2.39. The lowest BCUT2D eigenvalue weighted by Crippen LogP contribution is -2.53. The summed E-state index contributed by atoms with van der Waals surface area (Å²) in [4.78, 5) is 16.4. The van der Waals surface area contributed by atoms with Crippen molar-refractivity contribution in [1.82, 2.24) is 15.1 Å². The van der Waals surface area contributed by atoms with Gasteiger partial charge in [-0.05, 0) is 37.5 Å². The molecule has 2 fully saturated rings. The second kappa shape index (κ2) is 8.17. The fourth-order valence-electron chi connectivity index (χ4n) is 3.31. The van der Waals surface area contributed by atoms with Crippen molar-refractivity contribution in [3.8, 4) is 5.75 Å². The van der Waals surface area contributed by atoms with E-state index >= 15 is 0 Å². The minimum absolute atomic E-state index is 0.0378. The summed E-state index contributed by atoms with van der Waals surface area (Å²) >= 11 is 0. The van der Waals surface area contributed by atoms with Gasteiger partial charge in [-0.15, -0.1) is 0 Å². The van der Waals surface area contributed by atoms with E-state index in [4.69, 9.17) is 4.74 Å². The third-order valence-corrected chi connectivity index (χ3v) is 5.21. The predicted octanol–water partition coefficient (Wildman–Crippen LogP) is 1.01. The molecular formula is C19H29N3O3. The van der Waals surface area contributed by atoms with Gasteiger partial charge in [0.15, 0.2) is 0 Å². The van der Waals surface area contributed by atoms with Gasteiger partial charge in [-0.3, -0.25) is 14.6 Å². The van der Waals surface area contributed by atoms with Crippen LogP contribution in [-0.2, 0) is 4.79 Å². The quantitative estimate of drug-likeness (QED) is 0.771. The molecule has 0 bridgehead atoms. The van der Waals surface area contributed by atoms with E-state index in [1.165, 1.54) is 0 Å². The van der Waals surface area contributed by atoms with Gasteiger partial charge >= 0.3 is 0 Å². The van der Waals surface area contributed by atoms with E-state index in [1.807, 2.05) is 24.3 Å². The van der Waals surface area contributed by atoms with Crippen molar-refractivity contribution >= 4 is 5.91 Å². The number of piperazine rings is 1. The van der Waals surface area contributed by atoms with Crippen LogP contribution in [0.2, 0.25) is 0 Å². The summed E-state index contributed by atoms with van der Waals surface area (Å²) in [6.45, 7) is 6.00. The number of carbonyl (C=O) groups excluding carboxylic acids is 1. The van der Waals surface area contributed by atoms with Crippen molar-refractivity contribution in [2.75, 3.05) is 39.8 Å². The van der Waals surface area contributed by atoms with Gasteiger partial charge < -0.3 is 15.2 Å². The highest BCUT2D eigenvalue weighted by atomic mass is 16.5. The highest BCUT2D eigenvalue weighted by Gasteiger charge is 2.28. The zero-order valence-electron chi connectivity index (χ0n) is 15.1. The molecule has 1 amide bonds. The van der Waals surface area contributed by atoms with Gasteiger partial charge in [0.05, 0.1) is 19.8 Å². The molecule has 6 nitrogen and oxygen atoms in total. The molecule has 1 aromatic rings. The number of aliphatic hydroxyl groups is 1. The molecule has 6 heteroatoms. The van der Waals surface area contributed by atoms with Gasteiger partial charge in [-0.1, -0.05) is 12.1 Å². The number of nitrogens with zero attached hydrogens (tertiary/aromatic N) is 2. The summed E-state index contributed by atoms with van der Waals surface area (Å²) < 4.78 is 5.17. The molecule has 0 radical (unpaired) electrons. The van der Waals surface area contributed by atoms with Gasteiger partial charge in [0.2, 0.25) is 5.91 Å². The van der Waals surface area contributed by atoms with E-state index in [2.05, 4.69) is 22.0 Å². The van der Waals surface area contributed by atoms with Crippen molar-refractivity contribution in [2.24, 2.45) is 0 Å². The first-order valence-corrected chi connectivity index (χ1v) is 9.14. The monoisotopic (exact) mass is 347 g/mol. The summed E-state index contributed by atoms with van der Waals surface area (Å²) in [7, 11) is 1.64. The number of ether oxygens (including phenoxy) is 1. The van der Waals surface area contributed by atoms with Gasteiger partial charge in [-0.2, -0.15) is 0 Å². The Morgan fingerprint density at radius 2 is 1.88 bits per heavy atom. The molecule has 1 saturated heterocycles. The smallest absolute Gasteiger partial charge is 0.234 e. The van der Waals surface area contributed by atoms with Crippen LogP contribution in [-0.4, -0.2) is 72.7 Å². The van der Waals surface area contributed by atoms with E-state index in [0.29, 0.717) is 12.6 Å². The lowest BCUT2D eigenvalue weighted by molar-refractivity contribution is -0.123. The van der Waals surface area contributed by atoms with E-state index < -0.39 is 6.10 Å². The van der Waals surface area contributed by atoms with Crippen LogP contribution in [0.15, 0.2) is 24.3 Å². The average molecular weight is 347 g/mol. The van der Waals surface area contributed by atoms with E-state index in [1.54, 1.807) is 7.11 Å². The van der Waals surface area contributed by atoms with Gasteiger partial charge in [0, 0.05) is 38.3 Å². The topological polar surface area (TPSA) is 65.0 Å². The molecule has 138 valence electrons. The van der Waals surface area contributed by atoms with Crippen LogP contribution in [0.1, 0.15) is 31.4 Å². The molecule has 1 aromatic carbocycles. The fourth-order valence-corrected chi connectivity index (χ4v) is 3.31. The molecule has 2 unspecified atom stereocenters. The highest BCUT2D eigenvalue weighted by molar-refractivity contribution is 5.78. The first-order valence-electron chi connectivity index (χ1n) is 9.14. The first kappa shape index (κ1) is 18.2. The van der Waals surface area contributed by atoms with Crippen LogP contribution >= 0.6 is 0 Å². The first-order chi connectivity index (χ1) is 12.1. The molecule has 0 spiro atoms. The Morgan fingerprint density at radius 3 is 2.44 bits per heavy atom. The van der Waals surface area contributed by atoms with E-state index in [0.717, 1.165) is 50.3 Å². The molecule has 3 rings (SSSR count). The minimum atomic E-state index is -0.532. The average Bonchev–Trinajstić information content (AvgIpc) is 3.45. The molecule has 2 aliphatic rings. The normalized spacial score (nSPS) is 21.6. The Morgan fingerprint density at radius 1 is 1.24 bits per heavy atom. The molecule has 1 heterocycles. The molecule has 2 N–H and O–H groups in total. The molecule has 2 atom stereocenters. The van der Waals surface area contributed by atoms with Gasteiger partial charge in [0.1, 0.15) is 5.75 Å². The number of hydrogen-bond acceptors (Lipinski definition) is 5. The van der Waals surface area contributed by atoms with Crippen molar-refractivity contribution in [1.29, 1.82) is 0 Å². The number of carbonyl (C=O) groups is 1. The number of rotatable bonds is 7. The third kappa shape index (κ3) is 4.93. The largest absolute Gasteiger partial charge is 0.497 e. The zero-order valence-corrected chi connectivity index (χ0v) is 15.1. The number of methoxy groups -OCH3 is 1. The third-order valence-electron chi connectivity index (χ3n) is 5.21. The summed E-state index contributed by atoms with van der Waals surface area (Å²) in [5, 5.41) is 13.7. The van der Waals surface area contributed by atoms with Crippen LogP contribution in [0.25, 0.3) is 0 Å². The maximum atomic E-state index is 11.9. The summed E-state index contributed by atoms with van der Waals surface area (Å²) in [6, 6.07) is 8.05. The van der Waals surface area contributed by atoms with Crippen molar-refractivity contribution < 1.29 is 14.6 Å². The minimum Gasteiger partial charge on any atom is -0.497 e. The maximum Gasteiger partial charge on any atom is 0.234 e. The number of amides is 1. The van der Waals surface area contributed by atoms with Gasteiger partial charge in [0.25, 0.3) is 0 Å². The van der Waals surface area contributed by atoms with Crippen LogP contribution < -0.4 is 10.1 Å². The van der Waals surface area contributed by atoms with Crippen molar-refractivity contribution in [3.63, 3.8) is 0 Å². The molecule has 1 aliphatic carbocycles. The van der Waals surface area contributed by atoms with Crippen LogP contribution in [0.5, 0.6) is 5.75 Å². The predicted molar refractivity (Wildman–Crippen MR) is 96.6 cm³/mol. The molecular weight excluding hydrogens is 318 g/mol. The summed E-state index contributed by atoms with van der Waals surface area (Å²) in [5.74, 6) is 0.934. The molecule has 1 aliphatic heterocycles. The fraction of sp³-hybridized carbons (Fsp3) is 0.632. The zero-order chi connectivity index (χ0) is 17.8. The second-order valence-corrected chi connectivity index (χ2v) is 7.11. The van der Waals surface area contributed by atoms with Crippen LogP contribution in [0, 0.1) is 0 Å². The SMILES string of the molecule is COc1ccc(C(O)C(C)N2CCN(CC(=O)NC3CC3)CC2)cc1. The molecule has 25 heavy (non-hydrogen) atoms. The van der Waals surface area contributed by atoms with E-state index in [9.17, 15) is 9.90 Å². The lowest BCUT2D eigenvalue weighted by atomic mass is 10.0. The number of hydrogen-bond donors (Lipinski definition) is 2. The number of aliphatic hydroxyl groups excluding tert-OH is 1.